The third kappa shape index (κ3) is 4.22. The molecule has 1 aliphatic heterocycles. The van der Waals surface area contributed by atoms with Gasteiger partial charge in [-0.1, -0.05) is 41.9 Å². The first-order valence-corrected chi connectivity index (χ1v) is 9.18. The van der Waals surface area contributed by atoms with E-state index in [1.807, 2.05) is 35.2 Å². The van der Waals surface area contributed by atoms with Gasteiger partial charge in [0.25, 0.3) is 5.91 Å². The number of amides is 2. The van der Waals surface area contributed by atoms with Crippen molar-refractivity contribution in [2.45, 2.75) is 32.2 Å². The van der Waals surface area contributed by atoms with Crippen molar-refractivity contribution in [1.29, 1.82) is 0 Å². The molecule has 0 spiro atoms. The van der Waals surface area contributed by atoms with Crippen molar-refractivity contribution in [1.82, 2.24) is 15.2 Å². The second kappa shape index (κ2) is 8.32. The van der Waals surface area contributed by atoms with E-state index in [9.17, 15) is 9.59 Å². The predicted molar refractivity (Wildman–Crippen MR) is 101 cm³/mol. The molecule has 0 bridgehead atoms. The molecule has 5 nitrogen and oxygen atoms in total. The Hall–Kier alpha value is -2.40. The maximum absolute atomic E-state index is 12.9. The molecule has 1 fully saturated rings. The van der Waals surface area contributed by atoms with Gasteiger partial charge in [-0.25, -0.2) is 0 Å². The van der Waals surface area contributed by atoms with Gasteiger partial charge in [-0.2, -0.15) is 0 Å². The largest absolute Gasteiger partial charge is 0.341 e. The molecular weight excluding hydrogens is 350 g/mol. The molecule has 1 aromatic heterocycles. The number of rotatable bonds is 5. The standard InChI is InChI=1S/C20H22ClN3O2/c1-14-18(16(21)9-10-22-14)19(25)23-17(13-15-7-3-2-4-8-15)20(26)24-11-5-6-12-24/h2-4,7-10,17H,5-6,11-13H2,1H3,(H,23,25). The van der Waals surface area contributed by atoms with Crippen LogP contribution in [0.15, 0.2) is 42.6 Å². The Balaban J connectivity index is 1.82. The predicted octanol–water partition coefficient (Wildman–Crippen LogP) is 3.01. The number of aromatic nitrogens is 1. The SMILES string of the molecule is Cc1nccc(Cl)c1C(=O)NC(Cc1ccccc1)C(=O)N1CCCC1. The summed E-state index contributed by atoms with van der Waals surface area (Å²) in [5, 5.41) is 3.22. The molecule has 26 heavy (non-hydrogen) atoms. The zero-order valence-corrected chi connectivity index (χ0v) is 15.5. The van der Waals surface area contributed by atoms with Crippen LogP contribution in [0.3, 0.4) is 0 Å². The minimum absolute atomic E-state index is 0.0441. The van der Waals surface area contributed by atoms with Gasteiger partial charge in [0.1, 0.15) is 6.04 Å². The van der Waals surface area contributed by atoms with Crippen LogP contribution in [0.4, 0.5) is 0 Å². The quantitative estimate of drug-likeness (QED) is 0.878. The van der Waals surface area contributed by atoms with E-state index < -0.39 is 6.04 Å². The molecule has 3 rings (SSSR count). The summed E-state index contributed by atoms with van der Waals surface area (Å²) >= 11 is 6.18. The van der Waals surface area contributed by atoms with Gasteiger partial charge >= 0.3 is 0 Å². The third-order valence-corrected chi connectivity index (χ3v) is 4.94. The number of pyridine rings is 1. The van der Waals surface area contributed by atoms with Gasteiger partial charge in [0.05, 0.1) is 16.3 Å². The number of carbonyl (C=O) groups is 2. The van der Waals surface area contributed by atoms with E-state index in [2.05, 4.69) is 10.3 Å². The summed E-state index contributed by atoms with van der Waals surface area (Å²) in [5.41, 5.74) is 1.86. The molecule has 1 atom stereocenters. The first kappa shape index (κ1) is 18.4. The van der Waals surface area contributed by atoms with Crippen molar-refractivity contribution >= 4 is 23.4 Å². The Labute approximate surface area is 158 Å². The van der Waals surface area contributed by atoms with Crippen LogP contribution in [0.2, 0.25) is 5.02 Å². The minimum atomic E-state index is -0.626. The van der Waals surface area contributed by atoms with Crippen LogP contribution in [0.25, 0.3) is 0 Å². The number of nitrogens with zero attached hydrogens (tertiary/aromatic N) is 2. The number of carbonyl (C=O) groups excluding carboxylic acids is 2. The fourth-order valence-electron chi connectivity index (χ4n) is 3.25. The van der Waals surface area contributed by atoms with Crippen molar-refractivity contribution in [2.24, 2.45) is 0 Å². The number of hydrogen-bond donors (Lipinski definition) is 1. The summed E-state index contributed by atoms with van der Waals surface area (Å²) in [6.45, 7) is 3.22. The van der Waals surface area contributed by atoms with Crippen LogP contribution < -0.4 is 5.32 Å². The molecule has 1 N–H and O–H groups in total. The topological polar surface area (TPSA) is 62.3 Å². The lowest BCUT2D eigenvalue weighted by atomic mass is 10.0. The number of likely N-dealkylation sites (tertiary alicyclic amines) is 1. The van der Waals surface area contributed by atoms with Crippen molar-refractivity contribution < 1.29 is 9.59 Å². The molecular formula is C20H22ClN3O2. The van der Waals surface area contributed by atoms with Crippen LogP contribution >= 0.6 is 11.6 Å². The van der Waals surface area contributed by atoms with Crippen LogP contribution in [-0.4, -0.2) is 40.8 Å². The van der Waals surface area contributed by atoms with E-state index in [0.29, 0.717) is 22.7 Å². The monoisotopic (exact) mass is 371 g/mol. The van der Waals surface area contributed by atoms with Gasteiger partial charge in [-0.05, 0) is 31.4 Å². The summed E-state index contributed by atoms with van der Waals surface area (Å²) in [7, 11) is 0. The van der Waals surface area contributed by atoms with Gasteiger partial charge in [0.15, 0.2) is 0 Å². The smallest absolute Gasteiger partial charge is 0.255 e. The Morgan fingerprint density at radius 2 is 1.88 bits per heavy atom. The van der Waals surface area contributed by atoms with E-state index in [0.717, 1.165) is 31.5 Å². The lowest BCUT2D eigenvalue weighted by molar-refractivity contribution is -0.132. The fourth-order valence-corrected chi connectivity index (χ4v) is 3.53. The number of nitrogens with one attached hydrogen (secondary N) is 1. The highest BCUT2D eigenvalue weighted by atomic mass is 35.5. The summed E-state index contributed by atoms with van der Waals surface area (Å²) in [4.78, 5) is 31.7. The highest BCUT2D eigenvalue weighted by Crippen LogP contribution is 2.18. The molecule has 1 aliphatic rings. The van der Waals surface area contributed by atoms with E-state index in [-0.39, 0.29) is 11.8 Å². The first-order valence-electron chi connectivity index (χ1n) is 8.81. The van der Waals surface area contributed by atoms with Crippen LogP contribution in [0, 0.1) is 6.92 Å². The molecule has 6 heteroatoms. The lowest BCUT2D eigenvalue weighted by Gasteiger charge is -2.24. The number of hydrogen-bond acceptors (Lipinski definition) is 3. The van der Waals surface area contributed by atoms with Crippen LogP contribution in [0.5, 0.6) is 0 Å². The molecule has 2 amide bonds. The van der Waals surface area contributed by atoms with Gasteiger partial charge < -0.3 is 10.2 Å². The Kier molecular flexibility index (Phi) is 5.89. The average Bonchev–Trinajstić information content (AvgIpc) is 3.16. The number of aryl methyl sites for hydroxylation is 1. The number of halogens is 1. The molecule has 2 heterocycles. The molecule has 0 radical (unpaired) electrons. The lowest BCUT2D eigenvalue weighted by Crippen LogP contribution is -2.49. The van der Waals surface area contributed by atoms with E-state index in [1.165, 1.54) is 0 Å². The van der Waals surface area contributed by atoms with Crippen LogP contribution in [-0.2, 0) is 11.2 Å². The Morgan fingerprint density at radius 3 is 2.54 bits per heavy atom. The Morgan fingerprint density at radius 1 is 1.19 bits per heavy atom. The van der Waals surface area contributed by atoms with Gasteiger partial charge in [0.2, 0.25) is 5.91 Å². The zero-order chi connectivity index (χ0) is 18.5. The maximum atomic E-state index is 12.9. The van der Waals surface area contributed by atoms with E-state index in [4.69, 9.17) is 11.6 Å². The highest BCUT2D eigenvalue weighted by Gasteiger charge is 2.29. The third-order valence-electron chi connectivity index (χ3n) is 4.62. The van der Waals surface area contributed by atoms with Gasteiger partial charge in [-0.3, -0.25) is 14.6 Å². The van der Waals surface area contributed by atoms with E-state index in [1.54, 1.807) is 19.2 Å². The summed E-state index contributed by atoms with van der Waals surface area (Å²) in [6.07, 6.45) is 4.01. The van der Waals surface area contributed by atoms with Crippen molar-refractivity contribution in [3.8, 4) is 0 Å². The highest BCUT2D eigenvalue weighted by molar-refractivity contribution is 6.34. The van der Waals surface area contributed by atoms with Gasteiger partial charge in [-0.15, -0.1) is 0 Å². The molecule has 1 aromatic carbocycles. The first-order chi connectivity index (χ1) is 12.6. The van der Waals surface area contributed by atoms with Crippen molar-refractivity contribution in [3.05, 3.63) is 64.4 Å². The number of benzene rings is 1. The second-order valence-electron chi connectivity index (χ2n) is 6.50. The molecule has 136 valence electrons. The minimum Gasteiger partial charge on any atom is -0.341 e. The zero-order valence-electron chi connectivity index (χ0n) is 14.7. The van der Waals surface area contributed by atoms with Crippen molar-refractivity contribution in [2.75, 3.05) is 13.1 Å². The normalized spacial score (nSPS) is 14.9. The molecule has 0 aliphatic carbocycles. The van der Waals surface area contributed by atoms with Gasteiger partial charge in [0, 0.05) is 25.7 Å². The Bertz CT molecular complexity index is 769. The molecule has 1 saturated heterocycles. The summed E-state index contributed by atoms with van der Waals surface area (Å²) in [6, 6.07) is 10.7. The summed E-state index contributed by atoms with van der Waals surface area (Å²) in [5.74, 6) is -0.411. The average molecular weight is 372 g/mol. The maximum Gasteiger partial charge on any atom is 0.255 e. The molecule has 0 saturated carbocycles. The molecule has 1 unspecified atom stereocenters. The van der Waals surface area contributed by atoms with E-state index >= 15 is 0 Å². The van der Waals surface area contributed by atoms with Crippen LogP contribution in [0.1, 0.15) is 34.5 Å². The molecule has 2 aromatic rings. The second-order valence-corrected chi connectivity index (χ2v) is 6.91. The fraction of sp³-hybridized carbons (Fsp3) is 0.350. The van der Waals surface area contributed by atoms with Crippen molar-refractivity contribution in [3.63, 3.8) is 0 Å². The summed E-state index contributed by atoms with van der Waals surface area (Å²) < 4.78 is 0.